The van der Waals surface area contributed by atoms with Crippen molar-refractivity contribution in [2.75, 3.05) is 19.0 Å². The highest BCUT2D eigenvalue weighted by Crippen LogP contribution is 2.29. The molecule has 27 heavy (non-hydrogen) atoms. The molecule has 7 heteroatoms. The van der Waals surface area contributed by atoms with E-state index in [1.165, 1.54) is 6.92 Å². The molecule has 140 valence electrons. The van der Waals surface area contributed by atoms with E-state index in [2.05, 4.69) is 10.3 Å². The van der Waals surface area contributed by atoms with Gasteiger partial charge in [-0.1, -0.05) is 24.3 Å². The second-order valence-electron chi connectivity index (χ2n) is 6.17. The predicted octanol–water partition coefficient (Wildman–Crippen LogP) is 3.85. The molecule has 2 amide bonds. The van der Waals surface area contributed by atoms with Gasteiger partial charge < -0.3 is 15.0 Å². The van der Waals surface area contributed by atoms with Crippen LogP contribution in [0.4, 0.5) is 5.69 Å². The molecule has 6 nitrogen and oxygen atoms in total. The molecule has 3 rings (SSSR count). The normalized spacial score (nSPS) is 11.8. The number of likely N-dealkylation sites (N-methyl/N-ethyl adjacent to an activating group) is 1. The van der Waals surface area contributed by atoms with Crippen LogP contribution in [0.25, 0.3) is 10.2 Å². The lowest BCUT2D eigenvalue weighted by Crippen LogP contribution is -2.33. The first kappa shape index (κ1) is 18.8. The third kappa shape index (κ3) is 4.43. The minimum atomic E-state index is -0.195. The molecule has 0 aliphatic heterocycles. The van der Waals surface area contributed by atoms with E-state index in [1.807, 2.05) is 31.2 Å². The third-order valence-electron chi connectivity index (χ3n) is 4.19. The first-order valence-electron chi connectivity index (χ1n) is 8.56. The summed E-state index contributed by atoms with van der Waals surface area (Å²) < 4.78 is 6.74. The monoisotopic (exact) mass is 383 g/mol. The van der Waals surface area contributed by atoms with Crippen LogP contribution in [0.3, 0.4) is 0 Å². The van der Waals surface area contributed by atoms with Crippen molar-refractivity contribution in [1.82, 2.24) is 9.88 Å². The topological polar surface area (TPSA) is 71.5 Å². The van der Waals surface area contributed by atoms with Gasteiger partial charge in [-0.05, 0) is 31.2 Å². The highest BCUT2D eigenvalue weighted by molar-refractivity contribution is 7.18. The minimum absolute atomic E-state index is 0.123. The lowest BCUT2D eigenvalue weighted by molar-refractivity contribution is -0.134. The molecule has 0 unspecified atom stereocenters. The highest BCUT2D eigenvalue weighted by Gasteiger charge is 2.21. The number of nitrogens with zero attached hydrogens (tertiary/aromatic N) is 2. The van der Waals surface area contributed by atoms with Gasteiger partial charge in [-0.2, -0.15) is 0 Å². The Hall–Kier alpha value is -2.93. The van der Waals surface area contributed by atoms with E-state index >= 15 is 0 Å². The number of carbonyl (C=O) groups excluding carboxylic acids is 2. The molecule has 3 aromatic rings. The zero-order chi connectivity index (χ0) is 19.4. The summed E-state index contributed by atoms with van der Waals surface area (Å²) in [7, 11) is 1.74. The lowest BCUT2D eigenvalue weighted by Gasteiger charge is -2.23. The molecule has 1 atom stereocenters. The fourth-order valence-corrected chi connectivity index (χ4v) is 3.64. The quantitative estimate of drug-likeness (QED) is 0.702. The molecule has 0 aliphatic rings. The molecule has 0 fully saturated rings. The van der Waals surface area contributed by atoms with Gasteiger partial charge in [0, 0.05) is 14.0 Å². The summed E-state index contributed by atoms with van der Waals surface area (Å²) in [6, 6.07) is 14.8. The molecule has 0 saturated carbocycles. The predicted molar refractivity (Wildman–Crippen MR) is 107 cm³/mol. The molecule has 1 heterocycles. The van der Waals surface area contributed by atoms with Crippen LogP contribution in [0.1, 0.15) is 24.9 Å². The average molecular weight is 383 g/mol. The Morgan fingerprint density at radius 3 is 2.63 bits per heavy atom. The number of fused-ring (bicyclic) bond motifs is 1. The first-order valence-corrected chi connectivity index (χ1v) is 9.38. The van der Waals surface area contributed by atoms with Crippen molar-refractivity contribution in [3.63, 3.8) is 0 Å². The number of nitrogens with one attached hydrogen (secondary N) is 1. The number of hydrogen-bond acceptors (Lipinski definition) is 5. The number of ether oxygens (including phenoxy) is 1. The Labute approximate surface area is 161 Å². The first-order chi connectivity index (χ1) is 13.0. The molecule has 1 aromatic heterocycles. The Balaban J connectivity index is 1.66. The molecule has 0 bridgehead atoms. The van der Waals surface area contributed by atoms with Gasteiger partial charge in [0.15, 0.2) is 6.61 Å². The maximum atomic E-state index is 12.6. The van der Waals surface area contributed by atoms with E-state index in [1.54, 1.807) is 47.5 Å². The summed E-state index contributed by atoms with van der Waals surface area (Å²) in [5.74, 6) is 0.0976. The number of thiazole rings is 1. The van der Waals surface area contributed by atoms with Gasteiger partial charge in [0.1, 0.15) is 10.8 Å². The molecule has 2 aromatic carbocycles. The maximum Gasteiger partial charge on any atom is 0.260 e. The van der Waals surface area contributed by atoms with Crippen molar-refractivity contribution in [2.24, 2.45) is 0 Å². The standard InChI is InChI=1S/C20H21N3O3S/c1-13(20-22-16-9-5-7-11-18(16)27-20)23(3)19(25)12-26-17-10-6-4-8-15(17)21-14(2)24/h4-11,13H,12H2,1-3H3,(H,21,24)/t13-/m0/s1. The average Bonchev–Trinajstić information content (AvgIpc) is 3.09. The summed E-state index contributed by atoms with van der Waals surface area (Å²) in [6.07, 6.45) is 0. The summed E-state index contributed by atoms with van der Waals surface area (Å²) in [5, 5.41) is 3.57. The molecule has 0 spiro atoms. The van der Waals surface area contributed by atoms with E-state index in [0.717, 1.165) is 15.2 Å². The van der Waals surface area contributed by atoms with Crippen molar-refractivity contribution in [1.29, 1.82) is 0 Å². The number of anilines is 1. The van der Waals surface area contributed by atoms with Gasteiger partial charge in [-0.15, -0.1) is 11.3 Å². The number of carbonyl (C=O) groups is 2. The van der Waals surface area contributed by atoms with Gasteiger partial charge in [0.25, 0.3) is 5.91 Å². The molecule has 1 N–H and O–H groups in total. The number of para-hydroxylation sites is 3. The van der Waals surface area contributed by atoms with Crippen LogP contribution >= 0.6 is 11.3 Å². The Kier molecular flexibility index (Phi) is 5.71. The van der Waals surface area contributed by atoms with Crippen molar-refractivity contribution in [3.05, 3.63) is 53.5 Å². The molecular weight excluding hydrogens is 362 g/mol. The molecule has 0 radical (unpaired) electrons. The SMILES string of the molecule is CC(=O)Nc1ccccc1OCC(=O)N(C)[C@@H](C)c1nc2ccccc2s1. The van der Waals surface area contributed by atoms with Gasteiger partial charge in [-0.3, -0.25) is 9.59 Å². The van der Waals surface area contributed by atoms with Crippen LogP contribution in [0.5, 0.6) is 5.75 Å². The fourth-order valence-electron chi connectivity index (χ4n) is 2.58. The maximum absolute atomic E-state index is 12.6. The van der Waals surface area contributed by atoms with E-state index in [-0.39, 0.29) is 24.5 Å². The van der Waals surface area contributed by atoms with Crippen LogP contribution in [0, 0.1) is 0 Å². The smallest absolute Gasteiger partial charge is 0.260 e. The van der Waals surface area contributed by atoms with Crippen molar-refractivity contribution >= 4 is 39.1 Å². The minimum Gasteiger partial charge on any atom is -0.482 e. The van der Waals surface area contributed by atoms with Gasteiger partial charge in [0.2, 0.25) is 5.91 Å². The lowest BCUT2D eigenvalue weighted by atomic mass is 10.3. The van der Waals surface area contributed by atoms with Crippen molar-refractivity contribution in [3.8, 4) is 5.75 Å². The van der Waals surface area contributed by atoms with Crippen molar-refractivity contribution in [2.45, 2.75) is 19.9 Å². The second-order valence-corrected chi connectivity index (χ2v) is 7.23. The van der Waals surface area contributed by atoms with E-state index in [0.29, 0.717) is 11.4 Å². The van der Waals surface area contributed by atoms with Crippen LogP contribution < -0.4 is 10.1 Å². The molecular formula is C20H21N3O3S. The van der Waals surface area contributed by atoms with Crippen LogP contribution in [-0.4, -0.2) is 35.4 Å². The third-order valence-corrected chi connectivity index (χ3v) is 5.40. The van der Waals surface area contributed by atoms with Gasteiger partial charge in [-0.25, -0.2) is 4.98 Å². The van der Waals surface area contributed by atoms with Crippen LogP contribution in [0.2, 0.25) is 0 Å². The van der Waals surface area contributed by atoms with E-state index in [9.17, 15) is 9.59 Å². The molecule has 0 saturated heterocycles. The zero-order valence-corrected chi connectivity index (χ0v) is 16.2. The Morgan fingerprint density at radius 1 is 1.19 bits per heavy atom. The van der Waals surface area contributed by atoms with Crippen LogP contribution in [-0.2, 0) is 9.59 Å². The molecule has 0 aliphatic carbocycles. The Morgan fingerprint density at radius 2 is 1.89 bits per heavy atom. The van der Waals surface area contributed by atoms with E-state index < -0.39 is 0 Å². The summed E-state index contributed by atoms with van der Waals surface area (Å²) >= 11 is 1.58. The number of hydrogen-bond donors (Lipinski definition) is 1. The van der Waals surface area contributed by atoms with Crippen LogP contribution in [0.15, 0.2) is 48.5 Å². The Bertz CT molecular complexity index is 937. The number of benzene rings is 2. The number of amides is 2. The van der Waals surface area contributed by atoms with Gasteiger partial charge >= 0.3 is 0 Å². The number of aromatic nitrogens is 1. The number of rotatable bonds is 6. The van der Waals surface area contributed by atoms with E-state index in [4.69, 9.17) is 4.74 Å². The highest BCUT2D eigenvalue weighted by atomic mass is 32.1. The fraction of sp³-hybridized carbons (Fsp3) is 0.250. The van der Waals surface area contributed by atoms with Gasteiger partial charge in [0.05, 0.1) is 21.9 Å². The summed E-state index contributed by atoms with van der Waals surface area (Å²) in [4.78, 5) is 30.1. The summed E-state index contributed by atoms with van der Waals surface area (Å²) in [5.41, 5.74) is 1.48. The van der Waals surface area contributed by atoms with Crippen molar-refractivity contribution < 1.29 is 14.3 Å². The largest absolute Gasteiger partial charge is 0.482 e. The second kappa shape index (κ2) is 8.18. The summed E-state index contributed by atoms with van der Waals surface area (Å²) in [6.45, 7) is 3.25. The zero-order valence-electron chi connectivity index (χ0n) is 15.4.